The summed E-state index contributed by atoms with van der Waals surface area (Å²) in [4.78, 5) is 11.4. The zero-order valence-electron chi connectivity index (χ0n) is 9.17. The Morgan fingerprint density at radius 1 is 1.57 bits per heavy atom. The summed E-state index contributed by atoms with van der Waals surface area (Å²) >= 11 is 0. The third-order valence-electron chi connectivity index (χ3n) is 2.41. The second-order valence-corrected chi connectivity index (χ2v) is 4.76. The van der Waals surface area contributed by atoms with E-state index in [0.717, 1.165) is 12.8 Å². The molecule has 4 nitrogen and oxygen atoms in total. The predicted octanol–water partition coefficient (Wildman–Crippen LogP) is 0.407. The minimum absolute atomic E-state index is 0.0389. The van der Waals surface area contributed by atoms with Crippen molar-refractivity contribution in [2.24, 2.45) is 5.73 Å². The molecule has 0 aromatic rings. The van der Waals surface area contributed by atoms with Gasteiger partial charge in [-0.1, -0.05) is 0 Å². The Morgan fingerprint density at radius 3 is 2.57 bits per heavy atom. The van der Waals surface area contributed by atoms with Crippen LogP contribution in [0.25, 0.3) is 0 Å². The number of carbonyl (C=O) groups excluding carboxylic acids is 1. The number of nitrogens with one attached hydrogen (secondary N) is 1. The van der Waals surface area contributed by atoms with Gasteiger partial charge >= 0.3 is 0 Å². The lowest BCUT2D eigenvalue weighted by Crippen LogP contribution is -2.49. The van der Waals surface area contributed by atoms with Crippen molar-refractivity contribution in [1.82, 2.24) is 5.32 Å². The number of carbonyl (C=O) groups is 1. The third kappa shape index (κ3) is 3.64. The largest absolute Gasteiger partial charge is 0.381 e. The molecule has 0 unspecified atom stereocenters. The van der Waals surface area contributed by atoms with Crippen LogP contribution in [0.15, 0.2) is 0 Å². The second-order valence-electron chi connectivity index (χ2n) is 4.76. The van der Waals surface area contributed by atoms with Gasteiger partial charge in [0.25, 0.3) is 0 Å². The van der Waals surface area contributed by atoms with Crippen molar-refractivity contribution in [2.75, 3.05) is 7.11 Å². The molecule has 14 heavy (non-hydrogen) atoms. The van der Waals surface area contributed by atoms with Gasteiger partial charge in [-0.15, -0.1) is 0 Å². The molecule has 0 bridgehead atoms. The fourth-order valence-electron chi connectivity index (χ4n) is 1.57. The molecule has 1 rings (SSSR count). The highest BCUT2D eigenvalue weighted by atomic mass is 16.5. The Kier molecular flexibility index (Phi) is 3.50. The summed E-state index contributed by atoms with van der Waals surface area (Å²) in [6.45, 7) is 3.70. The van der Waals surface area contributed by atoms with E-state index in [0.29, 0.717) is 12.5 Å². The maximum absolute atomic E-state index is 11.4. The summed E-state index contributed by atoms with van der Waals surface area (Å²) in [6.07, 6.45) is 2.55. The summed E-state index contributed by atoms with van der Waals surface area (Å²) in [7, 11) is 1.70. The molecule has 1 amide bonds. The summed E-state index contributed by atoms with van der Waals surface area (Å²) in [5, 5.41) is 2.94. The summed E-state index contributed by atoms with van der Waals surface area (Å²) in [5.41, 5.74) is 5.32. The smallest absolute Gasteiger partial charge is 0.222 e. The Morgan fingerprint density at radius 2 is 2.14 bits per heavy atom. The highest BCUT2D eigenvalue weighted by Gasteiger charge is 2.30. The molecule has 0 heterocycles. The van der Waals surface area contributed by atoms with E-state index in [2.05, 4.69) is 5.32 Å². The van der Waals surface area contributed by atoms with Crippen molar-refractivity contribution >= 4 is 5.91 Å². The number of rotatable bonds is 4. The molecule has 3 N–H and O–H groups in total. The van der Waals surface area contributed by atoms with Crippen LogP contribution < -0.4 is 11.1 Å². The quantitative estimate of drug-likeness (QED) is 0.690. The Labute approximate surface area is 85.2 Å². The highest BCUT2D eigenvalue weighted by Crippen LogP contribution is 2.22. The van der Waals surface area contributed by atoms with Gasteiger partial charge in [0, 0.05) is 25.1 Å². The first kappa shape index (κ1) is 11.5. The van der Waals surface area contributed by atoms with Gasteiger partial charge in [-0.2, -0.15) is 0 Å². The molecular formula is C10H20N2O2. The maximum atomic E-state index is 11.4. The molecule has 0 atom stereocenters. The van der Waals surface area contributed by atoms with Crippen molar-refractivity contribution in [2.45, 2.75) is 50.8 Å². The van der Waals surface area contributed by atoms with Crippen LogP contribution in [0.5, 0.6) is 0 Å². The van der Waals surface area contributed by atoms with E-state index in [1.807, 2.05) is 13.8 Å². The van der Waals surface area contributed by atoms with Gasteiger partial charge in [-0.05, 0) is 26.7 Å². The molecule has 0 aliphatic heterocycles. The van der Waals surface area contributed by atoms with Gasteiger partial charge in [-0.25, -0.2) is 0 Å². The number of ether oxygens (including phenoxy) is 1. The van der Waals surface area contributed by atoms with E-state index in [-0.39, 0.29) is 11.9 Å². The fraction of sp³-hybridized carbons (Fsp3) is 0.900. The van der Waals surface area contributed by atoms with E-state index in [4.69, 9.17) is 10.5 Å². The minimum atomic E-state index is -0.422. The van der Waals surface area contributed by atoms with Crippen LogP contribution in [-0.4, -0.2) is 30.7 Å². The molecule has 0 spiro atoms. The van der Waals surface area contributed by atoms with Crippen molar-refractivity contribution < 1.29 is 9.53 Å². The van der Waals surface area contributed by atoms with Crippen LogP contribution >= 0.6 is 0 Å². The van der Waals surface area contributed by atoms with Crippen molar-refractivity contribution in [3.63, 3.8) is 0 Å². The van der Waals surface area contributed by atoms with Gasteiger partial charge in [0.15, 0.2) is 0 Å². The van der Waals surface area contributed by atoms with Crippen molar-refractivity contribution in [3.05, 3.63) is 0 Å². The lowest BCUT2D eigenvalue weighted by atomic mass is 9.89. The normalized spacial score (nSPS) is 26.9. The van der Waals surface area contributed by atoms with Crippen LogP contribution in [-0.2, 0) is 9.53 Å². The van der Waals surface area contributed by atoms with E-state index < -0.39 is 5.54 Å². The molecule has 0 aromatic carbocycles. The number of hydrogen-bond acceptors (Lipinski definition) is 3. The van der Waals surface area contributed by atoms with Crippen molar-refractivity contribution in [3.8, 4) is 0 Å². The monoisotopic (exact) mass is 200 g/mol. The zero-order chi connectivity index (χ0) is 10.8. The Balaban J connectivity index is 2.17. The van der Waals surface area contributed by atoms with Gasteiger partial charge < -0.3 is 15.8 Å². The molecule has 0 saturated heterocycles. The van der Waals surface area contributed by atoms with Crippen molar-refractivity contribution in [1.29, 1.82) is 0 Å². The number of hydrogen-bond donors (Lipinski definition) is 2. The summed E-state index contributed by atoms with van der Waals surface area (Å²) in [5.74, 6) is 0.0389. The predicted molar refractivity (Wildman–Crippen MR) is 54.8 cm³/mol. The Hall–Kier alpha value is -0.610. The lowest BCUT2D eigenvalue weighted by molar-refractivity contribution is -0.124. The molecule has 82 valence electrons. The van der Waals surface area contributed by atoms with E-state index in [1.165, 1.54) is 0 Å². The third-order valence-corrected chi connectivity index (χ3v) is 2.41. The molecule has 0 aromatic heterocycles. The van der Waals surface area contributed by atoms with Gasteiger partial charge in [0.2, 0.25) is 5.91 Å². The average Bonchev–Trinajstić information content (AvgIpc) is 1.91. The summed E-state index contributed by atoms with van der Waals surface area (Å²) in [6, 6.07) is 0.287. The van der Waals surface area contributed by atoms with Crippen LogP contribution in [0.4, 0.5) is 0 Å². The van der Waals surface area contributed by atoms with Crippen LogP contribution in [0, 0.1) is 0 Å². The minimum Gasteiger partial charge on any atom is -0.381 e. The maximum Gasteiger partial charge on any atom is 0.222 e. The number of nitrogens with two attached hydrogens (primary N) is 1. The van der Waals surface area contributed by atoms with E-state index in [1.54, 1.807) is 7.11 Å². The number of amides is 1. The average molecular weight is 200 g/mol. The van der Waals surface area contributed by atoms with E-state index in [9.17, 15) is 4.79 Å². The van der Waals surface area contributed by atoms with Crippen LogP contribution in [0.3, 0.4) is 0 Å². The molecule has 4 heteroatoms. The number of methoxy groups -OCH3 is 1. The summed E-state index contributed by atoms with van der Waals surface area (Å²) < 4.78 is 5.12. The van der Waals surface area contributed by atoms with Gasteiger partial charge in [-0.3, -0.25) is 4.79 Å². The van der Waals surface area contributed by atoms with Crippen LogP contribution in [0.1, 0.15) is 33.1 Å². The van der Waals surface area contributed by atoms with Crippen LogP contribution in [0.2, 0.25) is 0 Å². The zero-order valence-corrected chi connectivity index (χ0v) is 9.17. The lowest BCUT2D eigenvalue weighted by Gasteiger charge is -2.35. The van der Waals surface area contributed by atoms with Gasteiger partial charge in [0.1, 0.15) is 0 Å². The molecular weight excluding hydrogens is 180 g/mol. The van der Waals surface area contributed by atoms with E-state index >= 15 is 0 Å². The fourth-order valence-corrected chi connectivity index (χ4v) is 1.57. The Bertz CT molecular complexity index is 205. The highest BCUT2D eigenvalue weighted by molar-refractivity contribution is 5.77. The first-order valence-corrected chi connectivity index (χ1v) is 5.02. The molecule has 0 radical (unpaired) electrons. The molecule has 1 saturated carbocycles. The molecule has 1 fully saturated rings. The molecule has 1 aliphatic rings. The molecule has 1 aliphatic carbocycles. The SMILES string of the molecule is COC1CC(NC(=O)CC(C)(C)N)C1. The first-order valence-electron chi connectivity index (χ1n) is 5.02. The first-order chi connectivity index (χ1) is 6.40. The standard InChI is InChI=1S/C10H20N2O2/c1-10(2,11)6-9(13)12-7-4-8(5-7)14-3/h7-8H,4-6,11H2,1-3H3,(H,12,13). The topological polar surface area (TPSA) is 64.3 Å². The van der Waals surface area contributed by atoms with Gasteiger partial charge in [0.05, 0.1) is 6.10 Å². The second kappa shape index (κ2) is 4.28.